The van der Waals surface area contributed by atoms with Gasteiger partial charge in [-0.05, 0) is 52.8 Å². The summed E-state index contributed by atoms with van der Waals surface area (Å²) >= 11 is 0. The molecule has 4 nitrogen and oxygen atoms in total. The minimum atomic E-state index is -0.701. The van der Waals surface area contributed by atoms with Crippen molar-refractivity contribution >= 4 is 10.8 Å². The molecule has 0 aromatic heterocycles. The molecule has 3 aromatic carbocycles. The highest BCUT2D eigenvalue weighted by molar-refractivity contribution is 5.91. The first kappa shape index (κ1) is 22.6. The molecule has 4 heteroatoms. The van der Waals surface area contributed by atoms with Crippen molar-refractivity contribution in [2.45, 2.75) is 44.8 Å². The minimum Gasteiger partial charge on any atom is -0.507 e. The molecule has 0 aliphatic carbocycles. The van der Waals surface area contributed by atoms with Gasteiger partial charge in [0.2, 0.25) is 0 Å². The van der Waals surface area contributed by atoms with Gasteiger partial charge in [0, 0.05) is 18.2 Å². The molecule has 0 fully saturated rings. The maximum atomic E-state index is 10.7. The fraction of sp³-hybridized carbons (Fsp3) is 0.296. The van der Waals surface area contributed by atoms with Gasteiger partial charge in [0.25, 0.3) is 0 Å². The maximum Gasteiger partial charge on any atom is 0.123 e. The summed E-state index contributed by atoms with van der Waals surface area (Å²) in [6.45, 7) is 2.10. The van der Waals surface area contributed by atoms with Gasteiger partial charge in [-0.1, -0.05) is 55.8 Å². The van der Waals surface area contributed by atoms with Crippen LogP contribution in [0.3, 0.4) is 0 Å². The lowest BCUT2D eigenvalue weighted by molar-refractivity contribution is 0.177. The van der Waals surface area contributed by atoms with Crippen LogP contribution in [0.25, 0.3) is 10.8 Å². The van der Waals surface area contributed by atoms with Crippen molar-refractivity contribution in [3.63, 3.8) is 0 Å². The number of aliphatic hydroxyl groups excluding tert-OH is 2. The molecule has 0 amide bonds. The van der Waals surface area contributed by atoms with Crippen LogP contribution in [0.5, 0.6) is 11.5 Å². The molecule has 0 spiro atoms. The standard InChI is InChI=1S/C27H30O4/c1-3-7-19(18-27(30)20-12-14-21(31-2)15-13-20)8-6-11-25(28)24-16-17-26(29)23-10-5-4-9-22(23)24/h4-6,9-10,12-17,25,27-30H,3,7,11,18H2,1-2H3/t8?,25-,27-/m1/s1. The molecular formula is C27H30O4. The number of rotatable bonds is 9. The van der Waals surface area contributed by atoms with E-state index in [4.69, 9.17) is 4.74 Å². The molecular weight excluding hydrogens is 388 g/mol. The first-order chi connectivity index (χ1) is 15.0. The molecule has 0 bridgehead atoms. The summed E-state index contributed by atoms with van der Waals surface area (Å²) in [4.78, 5) is 0. The maximum absolute atomic E-state index is 10.7. The minimum absolute atomic E-state index is 0.208. The predicted molar refractivity (Wildman–Crippen MR) is 124 cm³/mol. The van der Waals surface area contributed by atoms with Crippen molar-refractivity contribution in [2.75, 3.05) is 7.11 Å². The quantitative estimate of drug-likeness (QED) is 0.374. The fourth-order valence-electron chi connectivity index (χ4n) is 3.75. The molecule has 0 aliphatic heterocycles. The largest absolute Gasteiger partial charge is 0.507 e. The molecule has 0 saturated heterocycles. The van der Waals surface area contributed by atoms with E-state index < -0.39 is 12.2 Å². The molecule has 31 heavy (non-hydrogen) atoms. The van der Waals surface area contributed by atoms with Gasteiger partial charge in [0.15, 0.2) is 0 Å². The average molecular weight is 419 g/mol. The van der Waals surface area contributed by atoms with E-state index in [0.29, 0.717) is 12.8 Å². The second-order valence-electron chi connectivity index (χ2n) is 7.67. The molecule has 3 N–H and O–H groups in total. The molecule has 0 saturated carbocycles. The van der Waals surface area contributed by atoms with Gasteiger partial charge in [0.05, 0.1) is 19.3 Å². The van der Waals surface area contributed by atoms with Crippen LogP contribution >= 0.6 is 0 Å². The first-order valence-electron chi connectivity index (χ1n) is 10.7. The monoisotopic (exact) mass is 418 g/mol. The highest BCUT2D eigenvalue weighted by Crippen LogP contribution is 2.32. The Morgan fingerprint density at radius 2 is 1.68 bits per heavy atom. The molecule has 0 aliphatic rings. The van der Waals surface area contributed by atoms with E-state index in [0.717, 1.165) is 46.1 Å². The zero-order valence-corrected chi connectivity index (χ0v) is 18.1. The second kappa shape index (κ2) is 10.8. The number of hydrogen-bond donors (Lipinski definition) is 3. The van der Waals surface area contributed by atoms with Crippen molar-refractivity contribution in [3.8, 4) is 11.5 Å². The van der Waals surface area contributed by atoms with Crippen molar-refractivity contribution in [1.82, 2.24) is 0 Å². The topological polar surface area (TPSA) is 69.9 Å². The third-order valence-electron chi connectivity index (χ3n) is 5.43. The zero-order chi connectivity index (χ0) is 22.2. The summed E-state index contributed by atoms with van der Waals surface area (Å²) in [6.07, 6.45) is 3.22. The SMILES string of the molecule is CCCC(=C=CC[C@@H](O)c1ccc(O)c2ccccc12)C[C@@H](O)c1ccc(OC)cc1. The Morgan fingerprint density at radius 3 is 2.35 bits per heavy atom. The lowest BCUT2D eigenvalue weighted by atomic mass is 9.97. The number of benzene rings is 3. The highest BCUT2D eigenvalue weighted by Gasteiger charge is 2.13. The van der Waals surface area contributed by atoms with Crippen LogP contribution in [-0.2, 0) is 0 Å². The number of phenolic OH excluding ortho intramolecular Hbond substituents is 1. The number of methoxy groups -OCH3 is 1. The number of ether oxygens (including phenoxy) is 1. The molecule has 3 aromatic rings. The molecule has 2 atom stereocenters. The van der Waals surface area contributed by atoms with Gasteiger partial charge >= 0.3 is 0 Å². The van der Waals surface area contributed by atoms with E-state index in [-0.39, 0.29) is 5.75 Å². The Kier molecular flexibility index (Phi) is 7.91. The summed E-state index contributed by atoms with van der Waals surface area (Å²) in [6, 6.07) is 18.3. The summed E-state index contributed by atoms with van der Waals surface area (Å²) in [5.74, 6) is 0.968. The molecule has 3 rings (SSSR count). The lowest BCUT2D eigenvalue weighted by Gasteiger charge is -2.14. The van der Waals surface area contributed by atoms with Crippen LogP contribution in [0.1, 0.15) is 55.9 Å². The Balaban J connectivity index is 1.74. The van der Waals surface area contributed by atoms with E-state index in [1.807, 2.05) is 54.6 Å². The highest BCUT2D eigenvalue weighted by atomic mass is 16.5. The molecule has 0 heterocycles. The van der Waals surface area contributed by atoms with Crippen LogP contribution in [0, 0.1) is 0 Å². The number of phenols is 1. The van der Waals surface area contributed by atoms with Crippen LogP contribution in [0.15, 0.2) is 78.0 Å². The van der Waals surface area contributed by atoms with E-state index >= 15 is 0 Å². The Hall–Kier alpha value is -3.04. The van der Waals surface area contributed by atoms with E-state index in [9.17, 15) is 15.3 Å². The second-order valence-corrected chi connectivity index (χ2v) is 7.67. The van der Waals surface area contributed by atoms with Crippen molar-refractivity contribution in [3.05, 3.63) is 89.2 Å². The predicted octanol–water partition coefficient (Wildman–Crippen LogP) is 5.98. The van der Waals surface area contributed by atoms with Crippen LogP contribution in [0.4, 0.5) is 0 Å². The van der Waals surface area contributed by atoms with Crippen LogP contribution in [0.2, 0.25) is 0 Å². The summed E-state index contributed by atoms with van der Waals surface area (Å²) in [5, 5.41) is 33.0. The molecule has 162 valence electrons. The van der Waals surface area contributed by atoms with Gasteiger partial charge in [-0.15, -0.1) is 5.73 Å². The van der Waals surface area contributed by atoms with Crippen LogP contribution < -0.4 is 4.74 Å². The third-order valence-corrected chi connectivity index (χ3v) is 5.43. The Labute approximate surface area is 183 Å². The van der Waals surface area contributed by atoms with Crippen molar-refractivity contribution < 1.29 is 20.1 Å². The van der Waals surface area contributed by atoms with Crippen molar-refractivity contribution in [2.24, 2.45) is 0 Å². The van der Waals surface area contributed by atoms with Gasteiger partial charge in [-0.2, -0.15) is 0 Å². The molecule has 0 unspecified atom stereocenters. The summed E-state index contributed by atoms with van der Waals surface area (Å²) < 4.78 is 5.17. The normalized spacial score (nSPS) is 12.8. The first-order valence-corrected chi connectivity index (χ1v) is 10.7. The van der Waals surface area contributed by atoms with Crippen LogP contribution in [-0.4, -0.2) is 22.4 Å². The van der Waals surface area contributed by atoms with Gasteiger partial charge in [-0.25, -0.2) is 0 Å². The van der Waals surface area contributed by atoms with Gasteiger partial charge in [0.1, 0.15) is 11.5 Å². The summed E-state index contributed by atoms with van der Waals surface area (Å²) in [7, 11) is 1.62. The van der Waals surface area contributed by atoms with Gasteiger partial charge < -0.3 is 20.1 Å². The fourth-order valence-corrected chi connectivity index (χ4v) is 3.75. The smallest absolute Gasteiger partial charge is 0.123 e. The number of aliphatic hydroxyl groups is 2. The number of aromatic hydroxyl groups is 1. The number of hydrogen-bond acceptors (Lipinski definition) is 4. The average Bonchev–Trinajstić information content (AvgIpc) is 2.79. The van der Waals surface area contributed by atoms with Gasteiger partial charge in [-0.3, -0.25) is 0 Å². The van der Waals surface area contributed by atoms with E-state index in [1.165, 1.54) is 0 Å². The summed E-state index contributed by atoms with van der Waals surface area (Å²) in [5.41, 5.74) is 5.94. The zero-order valence-electron chi connectivity index (χ0n) is 18.1. The lowest BCUT2D eigenvalue weighted by Crippen LogP contribution is -1.99. The Bertz CT molecular complexity index is 1060. The number of fused-ring (bicyclic) bond motifs is 1. The Morgan fingerprint density at radius 1 is 0.968 bits per heavy atom. The molecule has 0 radical (unpaired) electrons. The van der Waals surface area contributed by atoms with E-state index in [1.54, 1.807) is 19.2 Å². The third kappa shape index (κ3) is 5.77. The van der Waals surface area contributed by atoms with Crippen molar-refractivity contribution in [1.29, 1.82) is 0 Å². The van der Waals surface area contributed by atoms with E-state index in [2.05, 4.69) is 12.7 Å².